The minimum atomic E-state index is -1.05. The summed E-state index contributed by atoms with van der Waals surface area (Å²) in [4.78, 5) is 50.8. The van der Waals surface area contributed by atoms with Crippen LogP contribution in [0, 0.1) is 23.7 Å². The highest BCUT2D eigenvalue weighted by Crippen LogP contribution is 2.52. The summed E-state index contributed by atoms with van der Waals surface area (Å²) in [6.07, 6.45) is 4.82. The molecule has 1 saturated heterocycles. The number of fused-ring (bicyclic) bond motifs is 5. The van der Waals surface area contributed by atoms with E-state index in [2.05, 4.69) is 21.2 Å². The lowest BCUT2D eigenvalue weighted by molar-refractivity contribution is -0.159. The average molecular weight is 447 g/mol. The van der Waals surface area contributed by atoms with Crippen LogP contribution in [0.4, 0.5) is 5.69 Å². The van der Waals surface area contributed by atoms with Crippen molar-refractivity contribution in [3.05, 3.63) is 40.9 Å². The zero-order valence-electron chi connectivity index (χ0n) is 15.1. The normalized spacial score (nSPS) is 28.4. The fourth-order valence-corrected chi connectivity index (χ4v) is 4.66. The Morgan fingerprint density at radius 1 is 1.14 bits per heavy atom. The van der Waals surface area contributed by atoms with E-state index in [1.54, 1.807) is 24.3 Å². The van der Waals surface area contributed by atoms with Crippen molar-refractivity contribution in [2.75, 3.05) is 11.9 Å². The van der Waals surface area contributed by atoms with Gasteiger partial charge in [0.15, 0.2) is 6.61 Å². The van der Waals surface area contributed by atoms with Crippen molar-refractivity contribution in [1.82, 2.24) is 4.90 Å². The first-order chi connectivity index (χ1) is 13.4. The molecule has 0 spiro atoms. The number of carbonyl (C=O) groups excluding carboxylic acids is 4. The molecule has 0 aromatic heterocycles. The topological polar surface area (TPSA) is 92.8 Å². The number of allylic oxidation sites excluding steroid dienone is 2. The van der Waals surface area contributed by atoms with Crippen LogP contribution in [0.25, 0.3) is 0 Å². The Morgan fingerprint density at radius 2 is 1.71 bits per heavy atom. The monoisotopic (exact) mass is 446 g/mol. The van der Waals surface area contributed by atoms with Crippen LogP contribution >= 0.6 is 15.9 Å². The number of benzene rings is 1. The van der Waals surface area contributed by atoms with Gasteiger partial charge in [-0.25, -0.2) is 4.79 Å². The van der Waals surface area contributed by atoms with Crippen molar-refractivity contribution in [2.24, 2.45) is 23.7 Å². The number of imide groups is 1. The second-order valence-electron chi connectivity index (χ2n) is 7.39. The van der Waals surface area contributed by atoms with Crippen molar-refractivity contribution in [1.29, 1.82) is 0 Å². The van der Waals surface area contributed by atoms with Crippen LogP contribution in [0.15, 0.2) is 40.9 Å². The van der Waals surface area contributed by atoms with Gasteiger partial charge in [-0.3, -0.25) is 19.3 Å². The molecule has 1 saturated carbocycles. The summed E-state index contributed by atoms with van der Waals surface area (Å²) >= 11 is 3.30. The maximum absolute atomic E-state index is 12.7. The molecule has 3 amide bonds. The van der Waals surface area contributed by atoms with E-state index >= 15 is 0 Å². The molecule has 28 heavy (non-hydrogen) atoms. The molecule has 1 heterocycles. The molecule has 3 aliphatic rings. The smallest absolute Gasteiger partial charge is 0.329 e. The van der Waals surface area contributed by atoms with Gasteiger partial charge in [0, 0.05) is 10.2 Å². The van der Waals surface area contributed by atoms with Crippen LogP contribution in [0.5, 0.6) is 0 Å². The Labute approximate surface area is 170 Å². The summed E-state index contributed by atoms with van der Waals surface area (Å²) < 4.78 is 5.91. The summed E-state index contributed by atoms with van der Waals surface area (Å²) in [6, 6.07) is 5.90. The molecule has 1 aliphatic heterocycles. The molecule has 1 N–H and O–H groups in total. The van der Waals surface area contributed by atoms with Gasteiger partial charge in [-0.1, -0.05) is 28.1 Å². The lowest BCUT2D eigenvalue weighted by Gasteiger charge is -2.23. The van der Waals surface area contributed by atoms with E-state index in [4.69, 9.17) is 4.74 Å². The van der Waals surface area contributed by atoms with Crippen molar-refractivity contribution in [2.45, 2.75) is 19.4 Å². The number of hydrogen-bond donors (Lipinski definition) is 1. The molecule has 8 heteroatoms. The third-order valence-corrected chi connectivity index (χ3v) is 6.24. The van der Waals surface area contributed by atoms with Gasteiger partial charge in [-0.15, -0.1) is 0 Å². The molecule has 2 bridgehead atoms. The van der Waals surface area contributed by atoms with Gasteiger partial charge in [-0.2, -0.15) is 0 Å². The molecule has 1 aromatic carbocycles. The molecule has 2 aliphatic carbocycles. The van der Waals surface area contributed by atoms with Crippen molar-refractivity contribution in [3.63, 3.8) is 0 Å². The second kappa shape index (κ2) is 7.16. The Kier molecular flexibility index (Phi) is 4.82. The lowest BCUT2D eigenvalue weighted by Crippen LogP contribution is -2.45. The Hall–Kier alpha value is -2.48. The number of nitrogens with zero attached hydrogens (tertiary/aromatic N) is 1. The fourth-order valence-electron chi connectivity index (χ4n) is 4.40. The third-order valence-electron chi connectivity index (χ3n) is 5.71. The summed E-state index contributed by atoms with van der Waals surface area (Å²) in [5.41, 5.74) is 0.568. The van der Waals surface area contributed by atoms with Crippen LogP contribution in [0.3, 0.4) is 0 Å². The fraction of sp³-hybridized carbons (Fsp3) is 0.400. The number of nitrogens with one attached hydrogen (secondary N) is 1. The number of likely N-dealkylation sites (tertiary alicyclic amines) is 1. The van der Waals surface area contributed by atoms with E-state index < -0.39 is 24.5 Å². The van der Waals surface area contributed by atoms with Gasteiger partial charge in [0.1, 0.15) is 6.04 Å². The molecule has 2 fully saturated rings. The molecule has 4 rings (SSSR count). The largest absolute Gasteiger partial charge is 0.454 e. The highest BCUT2D eigenvalue weighted by molar-refractivity contribution is 9.10. The van der Waals surface area contributed by atoms with Crippen LogP contribution in [-0.2, 0) is 23.9 Å². The van der Waals surface area contributed by atoms with Crippen LogP contribution in [0.1, 0.15) is 13.3 Å². The van der Waals surface area contributed by atoms with E-state index in [-0.39, 0.29) is 35.5 Å². The molecule has 5 atom stereocenters. The first-order valence-corrected chi connectivity index (χ1v) is 9.93. The maximum Gasteiger partial charge on any atom is 0.329 e. The maximum atomic E-state index is 12.7. The lowest BCUT2D eigenvalue weighted by atomic mass is 9.85. The highest BCUT2D eigenvalue weighted by Gasteiger charge is 2.60. The Balaban J connectivity index is 1.34. The van der Waals surface area contributed by atoms with Gasteiger partial charge in [0.2, 0.25) is 11.8 Å². The molecular weight excluding hydrogens is 428 g/mol. The number of rotatable bonds is 5. The first kappa shape index (κ1) is 18.9. The van der Waals surface area contributed by atoms with Gasteiger partial charge < -0.3 is 10.1 Å². The van der Waals surface area contributed by atoms with E-state index in [1.807, 2.05) is 12.2 Å². The SMILES string of the molecule is C[C@H](C(=O)OCC(=O)Nc1ccc(Br)cc1)N1C(=O)[C@@H]2[C@@H](C1=O)[C@H]1C=C[C@H]2C1. The summed E-state index contributed by atoms with van der Waals surface area (Å²) in [7, 11) is 0. The summed E-state index contributed by atoms with van der Waals surface area (Å²) in [5.74, 6) is -2.45. The quantitative estimate of drug-likeness (QED) is 0.424. The van der Waals surface area contributed by atoms with Gasteiger partial charge in [0.05, 0.1) is 11.8 Å². The minimum absolute atomic E-state index is 0.0800. The molecule has 7 nitrogen and oxygen atoms in total. The number of carbonyl (C=O) groups is 4. The van der Waals surface area contributed by atoms with Crippen LogP contribution < -0.4 is 5.32 Å². The predicted molar refractivity (Wildman–Crippen MR) is 103 cm³/mol. The van der Waals surface area contributed by atoms with Gasteiger partial charge in [-0.05, 0) is 49.4 Å². The summed E-state index contributed by atoms with van der Waals surface area (Å²) in [6.45, 7) is 0.969. The zero-order valence-corrected chi connectivity index (χ0v) is 16.7. The second-order valence-corrected chi connectivity index (χ2v) is 8.30. The summed E-state index contributed by atoms with van der Waals surface area (Å²) in [5, 5.41) is 2.61. The Bertz CT molecular complexity index is 851. The standard InChI is InChI=1S/C20H19BrN2O5/c1-10(20(27)28-9-15(24)22-14-6-4-13(21)5-7-14)23-18(25)16-11-2-3-12(8-11)17(16)19(23)26/h2-7,10-12,16-17H,8-9H2,1H3,(H,22,24)/t10-,11+,12+,16+,17+/m1/s1. The minimum Gasteiger partial charge on any atom is -0.454 e. The number of halogens is 1. The van der Waals surface area contributed by atoms with E-state index in [9.17, 15) is 19.2 Å². The number of hydrogen-bond acceptors (Lipinski definition) is 5. The third kappa shape index (κ3) is 3.15. The van der Waals surface area contributed by atoms with Crippen molar-refractivity contribution >= 4 is 45.3 Å². The number of amides is 3. The Morgan fingerprint density at radius 3 is 2.29 bits per heavy atom. The number of anilines is 1. The van der Waals surface area contributed by atoms with Crippen molar-refractivity contribution < 1.29 is 23.9 Å². The highest BCUT2D eigenvalue weighted by atomic mass is 79.9. The van der Waals surface area contributed by atoms with Gasteiger partial charge >= 0.3 is 5.97 Å². The average Bonchev–Trinajstić information content (AvgIpc) is 3.35. The molecule has 0 unspecified atom stereocenters. The van der Waals surface area contributed by atoms with Crippen molar-refractivity contribution in [3.8, 4) is 0 Å². The predicted octanol–water partition coefficient (Wildman–Crippen LogP) is 2.13. The van der Waals surface area contributed by atoms with E-state index in [0.717, 1.165) is 15.8 Å². The molecular formula is C20H19BrN2O5. The molecule has 0 radical (unpaired) electrons. The molecule has 146 valence electrons. The first-order valence-electron chi connectivity index (χ1n) is 9.14. The van der Waals surface area contributed by atoms with E-state index in [0.29, 0.717) is 5.69 Å². The van der Waals surface area contributed by atoms with Gasteiger partial charge in [0.25, 0.3) is 5.91 Å². The molecule has 1 aromatic rings. The van der Waals surface area contributed by atoms with Crippen LogP contribution in [0.2, 0.25) is 0 Å². The van der Waals surface area contributed by atoms with E-state index in [1.165, 1.54) is 6.92 Å². The number of esters is 1. The van der Waals surface area contributed by atoms with Crippen LogP contribution in [-0.4, -0.2) is 41.2 Å². The zero-order chi connectivity index (χ0) is 20.0. The number of ether oxygens (including phenoxy) is 1.